The van der Waals surface area contributed by atoms with Gasteiger partial charge in [0.1, 0.15) is 11.5 Å². The van der Waals surface area contributed by atoms with Gasteiger partial charge in [0.2, 0.25) is 17.7 Å². The lowest BCUT2D eigenvalue weighted by atomic mass is 10.1. The summed E-state index contributed by atoms with van der Waals surface area (Å²) < 4.78 is 12.4. The zero-order chi connectivity index (χ0) is 22.8. The minimum absolute atomic E-state index is 0.0126. The molecule has 164 valence electrons. The Bertz CT molecular complexity index is 1250. The van der Waals surface area contributed by atoms with Gasteiger partial charge in [-0.05, 0) is 30.9 Å². The highest BCUT2D eigenvalue weighted by Gasteiger charge is 2.29. The van der Waals surface area contributed by atoms with Crippen molar-refractivity contribution in [3.63, 3.8) is 0 Å². The van der Waals surface area contributed by atoms with Gasteiger partial charge in [-0.2, -0.15) is 10.1 Å². The predicted molar refractivity (Wildman–Crippen MR) is 120 cm³/mol. The van der Waals surface area contributed by atoms with Gasteiger partial charge in [0.25, 0.3) is 0 Å². The third-order valence-electron chi connectivity index (χ3n) is 5.45. The average Bonchev–Trinajstić information content (AvgIpc) is 3.45. The molecule has 1 saturated heterocycles. The molecule has 9 nitrogen and oxygen atoms in total. The molecule has 3 aromatic heterocycles. The Balaban J connectivity index is 1.80. The number of carbonyl (C=O) groups is 1. The summed E-state index contributed by atoms with van der Waals surface area (Å²) in [7, 11) is 3.07. The average molecular weight is 432 g/mol. The molecule has 3 aromatic rings. The van der Waals surface area contributed by atoms with Crippen molar-refractivity contribution in [2.75, 3.05) is 33.0 Å². The lowest BCUT2D eigenvalue weighted by molar-refractivity contribution is -0.125. The maximum absolute atomic E-state index is 12.0. The van der Waals surface area contributed by atoms with Gasteiger partial charge in [-0.3, -0.25) is 9.48 Å². The van der Waals surface area contributed by atoms with Gasteiger partial charge in [-0.25, -0.2) is 4.98 Å². The largest absolute Gasteiger partial charge is 0.481 e. The highest BCUT2D eigenvalue weighted by atomic mass is 16.5. The first-order valence-corrected chi connectivity index (χ1v) is 10.1. The maximum atomic E-state index is 12.0. The predicted octanol–water partition coefficient (Wildman–Crippen LogP) is 2.09. The van der Waals surface area contributed by atoms with Crippen LogP contribution in [0.25, 0.3) is 10.9 Å². The zero-order valence-corrected chi connectivity index (χ0v) is 18.3. The third-order valence-corrected chi connectivity index (χ3v) is 5.45. The molecule has 32 heavy (non-hydrogen) atoms. The Labute approximate surface area is 185 Å². The van der Waals surface area contributed by atoms with E-state index in [4.69, 9.17) is 20.3 Å². The molecule has 1 amide bonds. The summed E-state index contributed by atoms with van der Waals surface area (Å²) in [5.41, 5.74) is 9.25. The number of methoxy groups -OCH3 is 2. The van der Waals surface area contributed by atoms with Crippen molar-refractivity contribution in [3.8, 4) is 23.6 Å². The highest BCUT2D eigenvalue weighted by molar-refractivity contribution is 5.95. The number of aryl methyl sites for hydroxylation is 1. The Morgan fingerprint density at radius 3 is 2.66 bits per heavy atom. The van der Waals surface area contributed by atoms with Crippen molar-refractivity contribution in [1.29, 1.82) is 0 Å². The van der Waals surface area contributed by atoms with Crippen LogP contribution in [0.2, 0.25) is 0 Å². The number of hydrogen-bond donors (Lipinski definition) is 1. The van der Waals surface area contributed by atoms with Crippen molar-refractivity contribution >= 4 is 22.6 Å². The van der Waals surface area contributed by atoms with Crippen LogP contribution in [0.4, 0.5) is 5.82 Å². The van der Waals surface area contributed by atoms with Crippen LogP contribution in [0, 0.1) is 18.8 Å². The maximum Gasteiger partial charge on any atom is 0.246 e. The van der Waals surface area contributed by atoms with E-state index in [2.05, 4.69) is 28.4 Å². The standard InChI is InChI=1S/C23H24N6O3/c1-5-20(30)28-9-8-16(13-28)29-22-14(2)12-25-23(24)21(22)17(27-29)7-6-15-10-18(31-3)26-19(11-15)32-4/h5,10-12,16H,1,8-9,13H2,2-4H3,(H2,24,25)/t16-/m0/s1. The molecule has 1 aliphatic heterocycles. The Kier molecular flexibility index (Phi) is 5.69. The topological polar surface area (TPSA) is 108 Å². The van der Waals surface area contributed by atoms with Crippen molar-refractivity contribution in [3.05, 3.63) is 47.8 Å². The fourth-order valence-electron chi connectivity index (χ4n) is 3.86. The Hall–Kier alpha value is -4.06. The summed E-state index contributed by atoms with van der Waals surface area (Å²) in [5.74, 6) is 7.31. The van der Waals surface area contributed by atoms with Crippen LogP contribution in [0.3, 0.4) is 0 Å². The number of pyridine rings is 2. The molecule has 0 bridgehead atoms. The molecular weight excluding hydrogens is 408 g/mol. The van der Waals surface area contributed by atoms with Crippen LogP contribution >= 0.6 is 0 Å². The van der Waals surface area contributed by atoms with Gasteiger partial charge in [0.05, 0.1) is 31.2 Å². The quantitative estimate of drug-likeness (QED) is 0.497. The smallest absolute Gasteiger partial charge is 0.246 e. The van der Waals surface area contributed by atoms with Crippen LogP contribution in [0.5, 0.6) is 11.8 Å². The van der Waals surface area contributed by atoms with E-state index in [1.54, 1.807) is 23.2 Å². The second kappa shape index (κ2) is 8.59. The number of nitrogen functional groups attached to an aromatic ring is 1. The summed E-state index contributed by atoms with van der Waals surface area (Å²) in [6.45, 7) is 6.74. The summed E-state index contributed by atoms with van der Waals surface area (Å²) in [5, 5.41) is 5.50. The van der Waals surface area contributed by atoms with E-state index in [1.165, 1.54) is 20.3 Å². The number of hydrogen-bond acceptors (Lipinski definition) is 7. The highest BCUT2D eigenvalue weighted by Crippen LogP contribution is 2.31. The molecule has 0 aliphatic carbocycles. The van der Waals surface area contributed by atoms with Crippen molar-refractivity contribution in [2.24, 2.45) is 0 Å². The van der Waals surface area contributed by atoms with E-state index >= 15 is 0 Å². The van der Waals surface area contributed by atoms with E-state index in [9.17, 15) is 4.79 Å². The SMILES string of the molecule is C=CC(=O)N1CC[C@H](n2nc(C#Cc3cc(OC)nc(OC)c3)c3c(N)ncc(C)c32)C1. The van der Waals surface area contributed by atoms with Crippen LogP contribution in [-0.4, -0.2) is 57.9 Å². The van der Waals surface area contributed by atoms with Crippen LogP contribution in [0.15, 0.2) is 31.0 Å². The second-order valence-electron chi connectivity index (χ2n) is 7.46. The number of anilines is 1. The number of nitrogens with two attached hydrogens (primary N) is 1. The monoisotopic (exact) mass is 432 g/mol. The normalized spacial score (nSPS) is 15.3. The van der Waals surface area contributed by atoms with Gasteiger partial charge in [-0.1, -0.05) is 12.5 Å². The molecule has 0 radical (unpaired) electrons. The first kappa shape index (κ1) is 21.2. The van der Waals surface area contributed by atoms with E-state index in [-0.39, 0.29) is 11.9 Å². The summed E-state index contributed by atoms with van der Waals surface area (Å²) >= 11 is 0. The number of ether oxygens (including phenoxy) is 2. The molecule has 0 aromatic carbocycles. The number of aromatic nitrogens is 4. The van der Waals surface area contributed by atoms with Crippen LogP contribution in [-0.2, 0) is 4.79 Å². The molecule has 9 heteroatoms. The molecule has 1 fully saturated rings. The fourth-order valence-corrected chi connectivity index (χ4v) is 3.86. The molecule has 1 atom stereocenters. The molecule has 0 unspecified atom stereocenters. The lowest BCUT2D eigenvalue weighted by Crippen LogP contribution is -2.27. The molecule has 4 rings (SSSR count). The fraction of sp³-hybridized carbons (Fsp3) is 0.304. The minimum Gasteiger partial charge on any atom is -0.481 e. The molecule has 0 spiro atoms. The Morgan fingerprint density at radius 2 is 2.00 bits per heavy atom. The third kappa shape index (κ3) is 3.83. The summed E-state index contributed by atoms with van der Waals surface area (Å²) in [6.07, 6.45) is 3.85. The molecule has 4 heterocycles. The first-order chi connectivity index (χ1) is 15.4. The van der Waals surface area contributed by atoms with Gasteiger partial charge >= 0.3 is 0 Å². The van der Waals surface area contributed by atoms with Gasteiger partial charge in [0.15, 0.2) is 0 Å². The van der Waals surface area contributed by atoms with Gasteiger partial charge in [-0.15, -0.1) is 0 Å². The van der Waals surface area contributed by atoms with Gasteiger partial charge < -0.3 is 20.1 Å². The summed E-state index contributed by atoms with van der Waals surface area (Å²) in [6, 6.07) is 3.45. The van der Waals surface area contributed by atoms with Crippen LogP contribution in [0.1, 0.15) is 29.3 Å². The number of rotatable bonds is 4. The first-order valence-electron chi connectivity index (χ1n) is 10.1. The number of likely N-dealkylation sites (tertiary alicyclic amines) is 1. The van der Waals surface area contributed by atoms with Gasteiger partial charge in [0, 0.05) is 37.0 Å². The molecule has 0 saturated carbocycles. The van der Waals surface area contributed by atoms with Crippen LogP contribution < -0.4 is 15.2 Å². The number of fused-ring (bicyclic) bond motifs is 1. The van der Waals surface area contributed by atoms with E-state index in [0.29, 0.717) is 47.3 Å². The molecular formula is C23H24N6O3. The molecule has 1 aliphatic rings. The van der Waals surface area contributed by atoms with E-state index in [0.717, 1.165) is 17.5 Å². The Morgan fingerprint density at radius 1 is 1.28 bits per heavy atom. The van der Waals surface area contributed by atoms with E-state index in [1.807, 2.05) is 11.6 Å². The minimum atomic E-state index is -0.0811. The number of nitrogens with zero attached hydrogens (tertiary/aromatic N) is 5. The number of carbonyl (C=O) groups excluding carboxylic acids is 1. The molecule has 2 N–H and O–H groups in total. The van der Waals surface area contributed by atoms with E-state index < -0.39 is 0 Å². The second-order valence-corrected chi connectivity index (χ2v) is 7.46. The zero-order valence-electron chi connectivity index (χ0n) is 18.3. The summed E-state index contributed by atoms with van der Waals surface area (Å²) in [4.78, 5) is 22.3. The van der Waals surface area contributed by atoms with Crippen molar-refractivity contribution in [2.45, 2.75) is 19.4 Å². The lowest BCUT2D eigenvalue weighted by Gasteiger charge is -2.15. The number of amides is 1. The van der Waals surface area contributed by atoms with Crippen molar-refractivity contribution < 1.29 is 14.3 Å². The van der Waals surface area contributed by atoms with Crippen molar-refractivity contribution in [1.82, 2.24) is 24.6 Å².